The Balaban J connectivity index is 0. The summed E-state index contributed by atoms with van der Waals surface area (Å²) in [7, 11) is 0. The van der Waals surface area contributed by atoms with E-state index in [0.717, 1.165) is 0 Å². The van der Waals surface area contributed by atoms with Crippen LogP contribution in [0.1, 0.15) is 13.8 Å². The molecule has 0 aliphatic carbocycles. The Bertz CT molecular complexity index is 77.8. The molecule has 0 bridgehead atoms. The first-order valence-electron chi connectivity index (χ1n) is 1.67. The van der Waals surface area contributed by atoms with Crippen molar-refractivity contribution >= 4 is 0 Å². The molecule has 0 spiro atoms. The molecule has 7 heavy (non-hydrogen) atoms. The Labute approximate surface area is 57.8 Å². The van der Waals surface area contributed by atoms with Crippen LogP contribution in [0.15, 0.2) is 10.8 Å². The van der Waals surface area contributed by atoms with Crippen molar-refractivity contribution in [2.45, 2.75) is 13.8 Å². The maximum Gasteiger partial charge on any atom is 2.00 e. The molecule has 3 heteroatoms. The fraction of sp³-hybridized carbons (Fsp3) is 0.500. The maximum absolute atomic E-state index is 7.86. The second-order valence-electron chi connectivity index (χ2n) is 0.935. The van der Waals surface area contributed by atoms with Crippen LogP contribution in [0.2, 0.25) is 0 Å². The average molecular weight is 266 g/mol. The molecule has 0 aromatic carbocycles. The molecule has 0 rings (SSSR count). The number of hydrogen-bond donors (Lipinski definition) is 0. The second kappa shape index (κ2) is 6.03. The minimum Gasteiger partial charge on any atom is -0.710 e. The first kappa shape index (κ1) is 10.1. The van der Waals surface area contributed by atoms with Crippen LogP contribution in [0.5, 0.6) is 0 Å². The maximum atomic E-state index is 7.86. The van der Waals surface area contributed by atoms with Gasteiger partial charge in [-0.15, -0.1) is 0 Å². The third-order valence-electron chi connectivity index (χ3n) is 0.512. The predicted octanol–water partition coefficient (Wildman–Crippen LogP) is 1.73. The number of nitrogens with zero attached hydrogens (tertiary/aromatic N) is 2. The smallest absolute Gasteiger partial charge is 0.710 e. The molecule has 0 aromatic rings. The van der Waals surface area contributed by atoms with Gasteiger partial charge in [-0.05, 0) is 0 Å². The van der Waals surface area contributed by atoms with Gasteiger partial charge in [-0.3, -0.25) is 0 Å². The van der Waals surface area contributed by atoms with Crippen molar-refractivity contribution in [2.24, 2.45) is 5.11 Å². The van der Waals surface area contributed by atoms with Crippen molar-refractivity contribution in [3.8, 4) is 0 Å². The minimum absolute atomic E-state index is 0. The summed E-state index contributed by atoms with van der Waals surface area (Å²) in [5, 5.41) is 2.81. The summed E-state index contributed by atoms with van der Waals surface area (Å²) >= 11 is 0. The van der Waals surface area contributed by atoms with E-state index >= 15 is 0 Å². The van der Waals surface area contributed by atoms with E-state index in [1.165, 1.54) is 0 Å². The minimum atomic E-state index is 0. The first-order valence-corrected chi connectivity index (χ1v) is 1.67. The van der Waals surface area contributed by atoms with Crippen molar-refractivity contribution < 1.29 is 21.1 Å². The molecule has 0 amide bonds. The van der Waals surface area contributed by atoms with E-state index in [1.807, 2.05) is 0 Å². The zero-order valence-electron chi connectivity index (χ0n) is 4.30. The zero-order valence-corrected chi connectivity index (χ0v) is 7.24. The normalized spacial score (nSPS) is 9.71. The van der Waals surface area contributed by atoms with Crippen LogP contribution in [-0.2, 0) is 21.1 Å². The molecule has 0 atom stereocenters. The van der Waals surface area contributed by atoms with Crippen LogP contribution in [0.25, 0.3) is 5.53 Å². The third-order valence-corrected chi connectivity index (χ3v) is 0.512. The summed E-state index contributed by atoms with van der Waals surface area (Å²) in [4.78, 5) is 0. The fourth-order valence-electron chi connectivity index (χ4n) is 0.0500. The topological polar surface area (TPSA) is 34.7 Å². The van der Waals surface area contributed by atoms with E-state index in [-0.39, 0.29) is 21.1 Å². The Kier molecular flexibility index (Phi) is 8.70. The molecule has 0 N–H and O–H groups in total. The largest absolute Gasteiger partial charge is 2.00 e. The molecule has 0 heterocycles. The van der Waals surface area contributed by atoms with Crippen LogP contribution in [0, 0.1) is 6.08 Å². The van der Waals surface area contributed by atoms with E-state index in [0.29, 0.717) is 5.70 Å². The molecule has 0 radical (unpaired) electrons. The molecule has 0 aromatic heterocycles. The van der Waals surface area contributed by atoms with E-state index < -0.39 is 0 Å². The molecule has 0 saturated carbocycles. The van der Waals surface area contributed by atoms with Crippen molar-refractivity contribution in [1.82, 2.24) is 0 Å². The van der Waals surface area contributed by atoms with Gasteiger partial charge < -0.3 is 16.7 Å². The Morgan fingerprint density at radius 3 is 2.14 bits per heavy atom. The third kappa shape index (κ3) is 6.03. The molecular formula is C4H6N2W. The van der Waals surface area contributed by atoms with Crippen LogP contribution in [0.4, 0.5) is 0 Å². The summed E-state index contributed by atoms with van der Waals surface area (Å²) in [6.07, 6.45) is 2.61. The first-order chi connectivity index (χ1) is 2.81. The van der Waals surface area contributed by atoms with Gasteiger partial charge in [-0.25, -0.2) is 0 Å². The van der Waals surface area contributed by atoms with Gasteiger partial charge in [0.2, 0.25) is 0 Å². The van der Waals surface area contributed by atoms with Gasteiger partial charge in [0.25, 0.3) is 0 Å². The molecule has 0 aliphatic rings. The average Bonchev–Trinajstić information content (AvgIpc) is 1.65. The predicted molar refractivity (Wildman–Crippen MR) is 23.9 cm³/mol. The van der Waals surface area contributed by atoms with Crippen LogP contribution in [-0.4, -0.2) is 0 Å². The summed E-state index contributed by atoms with van der Waals surface area (Å²) in [5.74, 6) is 0. The van der Waals surface area contributed by atoms with Crippen LogP contribution >= 0.6 is 0 Å². The van der Waals surface area contributed by atoms with Gasteiger partial charge in [0.15, 0.2) is 0 Å². The number of allylic oxidation sites excluding steroid dienone is 2. The van der Waals surface area contributed by atoms with Crippen molar-refractivity contribution in [3.63, 3.8) is 0 Å². The van der Waals surface area contributed by atoms with Crippen LogP contribution in [0.3, 0.4) is 0 Å². The summed E-state index contributed by atoms with van der Waals surface area (Å²) < 4.78 is 0. The van der Waals surface area contributed by atoms with E-state index in [2.05, 4.69) is 11.2 Å². The van der Waals surface area contributed by atoms with E-state index in [9.17, 15) is 0 Å². The van der Waals surface area contributed by atoms with Gasteiger partial charge in [0.05, 0.1) is 0 Å². The molecular weight excluding hydrogens is 260 g/mol. The van der Waals surface area contributed by atoms with E-state index in [1.54, 1.807) is 13.8 Å². The van der Waals surface area contributed by atoms with Gasteiger partial charge in [-0.2, -0.15) is 12.6 Å². The summed E-state index contributed by atoms with van der Waals surface area (Å²) in [5.41, 5.74) is 8.38. The molecule has 2 nitrogen and oxygen atoms in total. The standard InChI is InChI=1S/C4H6N2.W/c1-3-4(2)6-5;/h1-2H3;/q-2;+2. The van der Waals surface area contributed by atoms with Crippen LogP contribution < -0.4 is 0 Å². The Hall–Kier alpha value is 0.0283. The second-order valence-corrected chi connectivity index (χ2v) is 0.935. The van der Waals surface area contributed by atoms with Crippen molar-refractivity contribution in [3.05, 3.63) is 17.3 Å². The van der Waals surface area contributed by atoms with Gasteiger partial charge in [-0.1, -0.05) is 6.92 Å². The monoisotopic (exact) mass is 266 g/mol. The van der Waals surface area contributed by atoms with Gasteiger partial charge in [0.1, 0.15) is 0 Å². The molecule has 0 saturated heterocycles. The Morgan fingerprint density at radius 2 is 2.14 bits per heavy atom. The van der Waals surface area contributed by atoms with Gasteiger partial charge >= 0.3 is 21.1 Å². The Morgan fingerprint density at radius 1 is 1.71 bits per heavy atom. The summed E-state index contributed by atoms with van der Waals surface area (Å²) in [6.45, 7) is 3.36. The summed E-state index contributed by atoms with van der Waals surface area (Å²) in [6, 6.07) is 0. The number of hydrogen-bond acceptors (Lipinski definition) is 1. The molecule has 0 aliphatic heterocycles. The molecule has 38 valence electrons. The molecule has 0 fully saturated rings. The quantitative estimate of drug-likeness (QED) is 0.511. The van der Waals surface area contributed by atoms with E-state index in [4.69, 9.17) is 5.53 Å². The number of rotatable bonds is 1. The van der Waals surface area contributed by atoms with Gasteiger partial charge in [0, 0.05) is 0 Å². The van der Waals surface area contributed by atoms with Crippen molar-refractivity contribution in [2.75, 3.05) is 0 Å². The fourth-order valence-corrected chi connectivity index (χ4v) is 0.0500. The van der Waals surface area contributed by atoms with Crippen molar-refractivity contribution in [1.29, 1.82) is 0 Å². The zero-order chi connectivity index (χ0) is 4.99. The molecule has 0 unspecified atom stereocenters. The SMILES string of the molecule is C[C-]=C(C)N=[N-].[W+2].